The van der Waals surface area contributed by atoms with E-state index in [1.54, 1.807) is 4.57 Å². The zero-order chi connectivity index (χ0) is 18.1. The molecule has 1 amide bonds. The van der Waals surface area contributed by atoms with E-state index in [0.29, 0.717) is 35.1 Å². The summed E-state index contributed by atoms with van der Waals surface area (Å²) in [6, 6.07) is 8.97. The van der Waals surface area contributed by atoms with Gasteiger partial charge in [0.05, 0.1) is 16.8 Å². The maximum atomic E-state index is 13.0. The quantitative estimate of drug-likeness (QED) is 0.654. The Bertz CT molecular complexity index is 1110. The summed E-state index contributed by atoms with van der Waals surface area (Å²) in [5, 5.41) is 0. The van der Waals surface area contributed by atoms with Crippen LogP contribution in [0.3, 0.4) is 0 Å². The van der Waals surface area contributed by atoms with E-state index in [9.17, 15) is 9.18 Å². The maximum Gasteiger partial charge on any atom is 0.279 e. The van der Waals surface area contributed by atoms with E-state index in [1.807, 2.05) is 12.1 Å². The molecule has 1 aromatic heterocycles. The number of halogens is 1. The molecule has 0 radical (unpaired) electrons. The summed E-state index contributed by atoms with van der Waals surface area (Å²) in [4.78, 5) is 17.1. The standard InChI is InChI=1S/C19H13FN2O3S/c1-2-7-22-14-10-15-16(25-9-8-24-15)11-17(14)26-19(22)21-18(23)12-3-5-13(20)6-4-12/h1,3-6,10-11H,7-9H2. The average Bonchev–Trinajstić information content (AvgIpc) is 2.97. The molecular formula is C19H13FN2O3S. The molecule has 0 atom stereocenters. The first-order valence-corrected chi connectivity index (χ1v) is 8.68. The second-order valence-corrected chi connectivity index (χ2v) is 6.57. The third kappa shape index (κ3) is 2.95. The molecule has 4 rings (SSSR count). The molecule has 0 bridgehead atoms. The summed E-state index contributed by atoms with van der Waals surface area (Å²) in [5.74, 6) is 3.02. The summed E-state index contributed by atoms with van der Waals surface area (Å²) >= 11 is 1.33. The molecule has 5 nitrogen and oxygen atoms in total. The van der Waals surface area contributed by atoms with E-state index in [0.717, 1.165) is 10.2 Å². The predicted molar refractivity (Wildman–Crippen MR) is 95.9 cm³/mol. The molecule has 0 N–H and O–H groups in total. The zero-order valence-electron chi connectivity index (χ0n) is 13.6. The Balaban J connectivity index is 1.85. The largest absolute Gasteiger partial charge is 0.486 e. The molecule has 1 aliphatic heterocycles. The van der Waals surface area contributed by atoms with Gasteiger partial charge in [-0.2, -0.15) is 4.99 Å². The van der Waals surface area contributed by atoms with Gasteiger partial charge in [0.15, 0.2) is 16.3 Å². The van der Waals surface area contributed by atoms with Gasteiger partial charge in [-0.3, -0.25) is 4.79 Å². The van der Waals surface area contributed by atoms with Crippen molar-refractivity contribution in [3.05, 3.63) is 52.6 Å². The van der Waals surface area contributed by atoms with Gasteiger partial charge in [-0.15, -0.1) is 6.42 Å². The third-order valence-electron chi connectivity index (χ3n) is 3.88. The third-order valence-corrected chi connectivity index (χ3v) is 4.93. The fraction of sp³-hybridized carbons (Fsp3) is 0.158. The lowest BCUT2D eigenvalue weighted by Gasteiger charge is -2.18. The van der Waals surface area contributed by atoms with Crippen molar-refractivity contribution >= 4 is 27.5 Å². The Kier molecular flexibility index (Phi) is 4.19. The van der Waals surface area contributed by atoms with E-state index < -0.39 is 11.7 Å². The molecule has 2 heterocycles. The van der Waals surface area contributed by atoms with E-state index in [4.69, 9.17) is 15.9 Å². The minimum atomic E-state index is -0.459. The Morgan fingerprint density at radius 1 is 1.23 bits per heavy atom. The normalized spacial score (nSPS) is 13.6. The monoisotopic (exact) mass is 368 g/mol. The Morgan fingerprint density at radius 2 is 1.92 bits per heavy atom. The minimum Gasteiger partial charge on any atom is -0.486 e. The van der Waals surface area contributed by atoms with Crippen LogP contribution in [0.4, 0.5) is 4.39 Å². The minimum absolute atomic E-state index is 0.259. The number of ether oxygens (including phenoxy) is 2. The fourth-order valence-corrected chi connectivity index (χ4v) is 3.72. The number of thiazole rings is 1. The van der Waals surface area contributed by atoms with Crippen molar-refractivity contribution in [3.8, 4) is 23.8 Å². The summed E-state index contributed by atoms with van der Waals surface area (Å²) in [6.07, 6.45) is 5.49. The van der Waals surface area contributed by atoms with Gasteiger partial charge in [0, 0.05) is 17.7 Å². The Labute approximate surface area is 152 Å². The molecule has 0 fully saturated rings. The van der Waals surface area contributed by atoms with Crippen LogP contribution in [0.25, 0.3) is 10.2 Å². The highest BCUT2D eigenvalue weighted by atomic mass is 32.1. The molecule has 1 aliphatic rings. The molecular weight excluding hydrogens is 355 g/mol. The van der Waals surface area contributed by atoms with Crippen molar-refractivity contribution in [2.75, 3.05) is 13.2 Å². The smallest absolute Gasteiger partial charge is 0.279 e. The molecule has 3 aromatic rings. The maximum absolute atomic E-state index is 13.0. The van der Waals surface area contributed by atoms with Crippen LogP contribution in [-0.4, -0.2) is 23.7 Å². The average molecular weight is 368 g/mol. The number of terminal acetylenes is 1. The summed E-state index contributed by atoms with van der Waals surface area (Å²) in [7, 11) is 0. The molecule has 0 aliphatic carbocycles. The van der Waals surface area contributed by atoms with Crippen LogP contribution in [0.2, 0.25) is 0 Å². The van der Waals surface area contributed by atoms with Crippen molar-refractivity contribution in [1.82, 2.24) is 4.57 Å². The van der Waals surface area contributed by atoms with Gasteiger partial charge >= 0.3 is 0 Å². The lowest BCUT2D eigenvalue weighted by molar-refractivity contribution is 0.0998. The molecule has 2 aromatic carbocycles. The van der Waals surface area contributed by atoms with Crippen LogP contribution in [-0.2, 0) is 6.54 Å². The van der Waals surface area contributed by atoms with Gasteiger partial charge in [-0.25, -0.2) is 4.39 Å². The summed E-state index contributed by atoms with van der Waals surface area (Å²) in [6.45, 7) is 1.24. The SMILES string of the molecule is C#CCn1c(=NC(=O)c2ccc(F)cc2)sc2cc3c(cc21)OCCO3. The molecule has 7 heteroatoms. The molecule has 130 valence electrons. The van der Waals surface area contributed by atoms with Crippen molar-refractivity contribution in [3.63, 3.8) is 0 Å². The number of fused-ring (bicyclic) bond motifs is 2. The highest BCUT2D eigenvalue weighted by Crippen LogP contribution is 2.35. The van der Waals surface area contributed by atoms with Gasteiger partial charge in [0.1, 0.15) is 19.0 Å². The van der Waals surface area contributed by atoms with Crippen LogP contribution in [0, 0.1) is 18.2 Å². The first-order valence-electron chi connectivity index (χ1n) is 7.87. The lowest BCUT2D eigenvalue weighted by Crippen LogP contribution is -2.17. The number of carbonyl (C=O) groups excluding carboxylic acids is 1. The van der Waals surface area contributed by atoms with E-state index in [1.165, 1.54) is 35.6 Å². The lowest BCUT2D eigenvalue weighted by atomic mass is 10.2. The number of rotatable bonds is 2. The number of nitrogens with zero attached hydrogens (tertiary/aromatic N) is 2. The zero-order valence-corrected chi connectivity index (χ0v) is 14.4. The number of benzene rings is 2. The molecule has 0 saturated carbocycles. The van der Waals surface area contributed by atoms with Crippen molar-refractivity contribution < 1.29 is 18.7 Å². The van der Waals surface area contributed by atoms with Crippen LogP contribution >= 0.6 is 11.3 Å². The predicted octanol–water partition coefficient (Wildman–Crippen LogP) is 2.99. The number of aromatic nitrogens is 1. The number of hydrogen-bond acceptors (Lipinski definition) is 4. The number of hydrogen-bond donors (Lipinski definition) is 0. The first-order chi connectivity index (χ1) is 12.7. The molecule has 0 saturated heterocycles. The number of carbonyl (C=O) groups is 1. The highest BCUT2D eigenvalue weighted by molar-refractivity contribution is 7.16. The van der Waals surface area contributed by atoms with Gasteiger partial charge in [-0.1, -0.05) is 17.3 Å². The van der Waals surface area contributed by atoms with Crippen LogP contribution in [0.5, 0.6) is 11.5 Å². The van der Waals surface area contributed by atoms with Gasteiger partial charge in [0.25, 0.3) is 5.91 Å². The topological polar surface area (TPSA) is 52.8 Å². The van der Waals surface area contributed by atoms with E-state index >= 15 is 0 Å². The van der Waals surface area contributed by atoms with Crippen LogP contribution in [0.15, 0.2) is 41.4 Å². The van der Waals surface area contributed by atoms with Crippen molar-refractivity contribution in [2.45, 2.75) is 6.54 Å². The summed E-state index contributed by atoms with van der Waals surface area (Å²) < 4.78 is 26.9. The van der Waals surface area contributed by atoms with Crippen LogP contribution < -0.4 is 14.3 Å². The van der Waals surface area contributed by atoms with Crippen molar-refractivity contribution in [1.29, 1.82) is 0 Å². The Hall–Kier alpha value is -3.11. The summed E-state index contributed by atoms with van der Waals surface area (Å²) in [5.41, 5.74) is 1.13. The van der Waals surface area contributed by atoms with Gasteiger partial charge in [0.2, 0.25) is 0 Å². The Morgan fingerprint density at radius 3 is 2.62 bits per heavy atom. The molecule has 26 heavy (non-hydrogen) atoms. The molecule has 0 spiro atoms. The molecule has 0 unspecified atom stereocenters. The first kappa shape index (κ1) is 16.4. The fourth-order valence-electron chi connectivity index (χ4n) is 2.68. The highest BCUT2D eigenvalue weighted by Gasteiger charge is 2.16. The van der Waals surface area contributed by atoms with Crippen molar-refractivity contribution in [2.24, 2.45) is 4.99 Å². The van der Waals surface area contributed by atoms with Gasteiger partial charge < -0.3 is 14.0 Å². The number of amides is 1. The van der Waals surface area contributed by atoms with Crippen LogP contribution in [0.1, 0.15) is 10.4 Å². The second-order valence-electron chi connectivity index (χ2n) is 5.56. The van der Waals surface area contributed by atoms with E-state index in [2.05, 4.69) is 10.9 Å². The van der Waals surface area contributed by atoms with E-state index in [-0.39, 0.29) is 6.54 Å². The van der Waals surface area contributed by atoms with Gasteiger partial charge in [-0.05, 0) is 24.3 Å². The second kappa shape index (κ2) is 6.65.